The Labute approximate surface area is 115 Å². The molecule has 1 aliphatic heterocycles. The Balaban J connectivity index is 1.82. The number of carbonyl (C=O) groups excluding carboxylic acids is 1. The fourth-order valence-electron chi connectivity index (χ4n) is 1.68. The Kier molecular flexibility index (Phi) is 5.22. The number of amides is 1. The van der Waals surface area contributed by atoms with Crippen LogP contribution in [-0.4, -0.2) is 35.0 Å². The number of nitrogens with one attached hydrogen (secondary N) is 2. The molecule has 1 saturated heterocycles. The van der Waals surface area contributed by atoms with E-state index in [-0.39, 0.29) is 5.91 Å². The van der Waals surface area contributed by atoms with Crippen LogP contribution in [0, 0.1) is 0 Å². The first-order chi connectivity index (χ1) is 8.79. The number of hydrogen-bond acceptors (Lipinski definition) is 5. The molecule has 0 saturated carbocycles. The second-order valence-corrected chi connectivity index (χ2v) is 6.56. The lowest BCUT2D eigenvalue weighted by atomic mass is 10.2. The smallest absolute Gasteiger partial charge is 0.251 e. The highest BCUT2D eigenvalue weighted by Gasteiger charge is 2.15. The average Bonchev–Trinajstić information content (AvgIpc) is 2.46. The van der Waals surface area contributed by atoms with Gasteiger partial charge in [0, 0.05) is 40.3 Å². The van der Waals surface area contributed by atoms with Gasteiger partial charge in [0.1, 0.15) is 0 Å². The Bertz CT molecular complexity index is 391. The minimum absolute atomic E-state index is 0.0188. The van der Waals surface area contributed by atoms with Crippen LogP contribution < -0.4 is 16.6 Å². The maximum Gasteiger partial charge on any atom is 0.251 e. The zero-order valence-electron chi connectivity index (χ0n) is 10.0. The van der Waals surface area contributed by atoms with Crippen LogP contribution >= 0.6 is 23.5 Å². The Morgan fingerprint density at radius 2 is 2.11 bits per heavy atom. The monoisotopic (exact) mass is 283 g/mol. The predicted molar refractivity (Wildman–Crippen MR) is 80.2 cm³/mol. The minimum Gasteiger partial charge on any atom is -0.351 e. The van der Waals surface area contributed by atoms with E-state index < -0.39 is 0 Å². The van der Waals surface area contributed by atoms with Gasteiger partial charge in [-0.15, -0.1) is 0 Å². The first kappa shape index (κ1) is 13.6. The molecule has 1 aliphatic rings. The van der Waals surface area contributed by atoms with Crippen LogP contribution in [0.3, 0.4) is 0 Å². The topological polar surface area (TPSA) is 67.1 Å². The van der Waals surface area contributed by atoms with Crippen molar-refractivity contribution in [2.75, 3.05) is 29.2 Å². The molecule has 1 heterocycles. The summed E-state index contributed by atoms with van der Waals surface area (Å²) in [6, 6.07) is 7.13. The van der Waals surface area contributed by atoms with Crippen LogP contribution in [-0.2, 0) is 0 Å². The molecule has 98 valence electrons. The van der Waals surface area contributed by atoms with E-state index in [1.54, 1.807) is 24.3 Å². The summed E-state index contributed by atoms with van der Waals surface area (Å²) in [5.41, 5.74) is 4.00. The fraction of sp³-hybridized carbons (Fsp3) is 0.417. The predicted octanol–water partition coefficient (Wildman–Crippen LogP) is 1.55. The highest BCUT2D eigenvalue weighted by Crippen LogP contribution is 2.23. The SMILES string of the molecule is NNc1ccc(C(=O)NCC2CSCCS2)cc1. The number of nitrogens with two attached hydrogens (primary N) is 1. The lowest BCUT2D eigenvalue weighted by molar-refractivity contribution is 0.0954. The lowest BCUT2D eigenvalue weighted by Gasteiger charge is -2.21. The number of nitrogen functional groups attached to an aromatic ring is 1. The van der Waals surface area contributed by atoms with Crippen molar-refractivity contribution < 1.29 is 4.79 Å². The van der Waals surface area contributed by atoms with E-state index in [1.807, 2.05) is 23.5 Å². The molecule has 2 rings (SSSR count). The molecule has 0 aromatic heterocycles. The van der Waals surface area contributed by atoms with Gasteiger partial charge in [0.05, 0.1) is 0 Å². The molecule has 1 aromatic rings. The molecule has 1 atom stereocenters. The normalized spacial score (nSPS) is 19.3. The summed E-state index contributed by atoms with van der Waals surface area (Å²) in [6.45, 7) is 0.743. The molecule has 1 fully saturated rings. The fourth-order valence-corrected chi connectivity index (χ4v) is 4.29. The van der Waals surface area contributed by atoms with Crippen LogP contribution in [0.1, 0.15) is 10.4 Å². The highest BCUT2D eigenvalue weighted by atomic mass is 32.2. The second-order valence-electron chi connectivity index (χ2n) is 4.00. The Morgan fingerprint density at radius 3 is 2.72 bits per heavy atom. The lowest BCUT2D eigenvalue weighted by Crippen LogP contribution is -2.33. The van der Waals surface area contributed by atoms with Crippen molar-refractivity contribution in [2.45, 2.75) is 5.25 Å². The molecule has 4 N–H and O–H groups in total. The maximum atomic E-state index is 11.9. The summed E-state index contributed by atoms with van der Waals surface area (Å²) in [5.74, 6) is 8.79. The van der Waals surface area contributed by atoms with Crippen molar-refractivity contribution in [3.63, 3.8) is 0 Å². The standard InChI is InChI=1S/C12H17N3OS2/c13-15-10-3-1-9(2-4-10)12(16)14-7-11-8-17-5-6-18-11/h1-4,11,15H,5-8,13H2,(H,14,16). The molecule has 1 unspecified atom stereocenters. The zero-order valence-corrected chi connectivity index (χ0v) is 11.7. The van der Waals surface area contributed by atoms with Gasteiger partial charge in [0.25, 0.3) is 5.91 Å². The van der Waals surface area contributed by atoms with Gasteiger partial charge in [0.2, 0.25) is 0 Å². The van der Waals surface area contributed by atoms with Crippen LogP contribution in [0.4, 0.5) is 5.69 Å². The minimum atomic E-state index is -0.0188. The number of carbonyl (C=O) groups is 1. The van der Waals surface area contributed by atoms with E-state index in [9.17, 15) is 4.79 Å². The van der Waals surface area contributed by atoms with Crippen molar-refractivity contribution in [1.82, 2.24) is 5.32 Å². The van der Waals surface area contributed by atoms with Crippen molar-refractivity contribution >= 4 is 35.1 Å². The molecule has 1 aromatic carbocycles. The largest absolute Gasteiger partial charge is 0.351 e. The van der Waals surface area contributed by atoms with Crippen LogP contribution in [0.25, 0.3) is 0 Å². The van der Waals surface area contributed by atoms with Crippen molar-refractivity contribution in [2.24, 2.45) is 5.84 Å². The van der Waals surface area contributed by atoms with Gasteiger partial charge in [0.15, 0.2) is 0 Å². The number of anilines is 1. The summed E-state index contributed by atoms with van der Waals surface area (Å²) >= 11 is 3.91. The van der Waals surface area contributed by atoms with Crippen molar-refractivity contribution in [3.05, 3.63) is 29.8 Å². The van der Waals surface area contributed by atoms with E-state index in [1.165, 1.54) is 11.5 Å². The summed E-state index contributed by atoms with van der Waals surface area (Å²) in [5, 5.41) is 3.52. The first-order valence-corrected chi connectivity index (χ1v) is 8.04. The molecule has 0 spiro atoms. The molecular weight excluding hydrogens is 266 g/mol. The third-order valence-corrected chi connectivity index (χ3v) is 5.53. The van der Waals surface area contributed by atoms with Crippen molar-refractivity contribution in [1.29, 1.82) is 0 Å². The first-order valence-electron chi connectivity index (χ1n) is 5.84. The number of rotatable bonds is 4. The molecule has 6 heteroatoms. The van der Waals surface area contributed by atoms with Crippen molar-refractivity contribution in [3.8, 4) is 0 Å². The molecule has 0 aliphatic carbocycles. The maximum absolute atomic E-state index is 11.9. The Morgan fingerprint density at radius 1 is 1.33 bits per heavy atom. The van der Waals surface area contributed by atoms with Gasteiger partial charge < -0.3 is 10.7 Å². The van der Waals surface area contributed by atoms with Gasteiger partial charge in [-0.1, -0.05) is 0 Å². The van der Waals surface area contributed by atoms with Gasteiger partial charge in [-0.05, 0) is 24.3 Å². The summed E-state index contributed by atoms with van der Waals surface area (Å²) in [6.07, 6.45) is 0. The summed E-state index contributed by atoms with van der Waals surface area (Å²) in [7, 11) is 0. The van der Waals surface area contributed by atoms with Gasteiger partial charge in [-0.2, -0.15) is 23.5 Å². The van der Waals surface area contributed by atoms with Crippen LogP contribution in [0.15, 0.2) is 24.3 Å². The van der Waals surface area contributed by atoms with E-state index in [0.717, 1.165) is 18.0 Å². The van der Waals surface area contributed by atoms with E-state index in [0.29, 0.717) is 10.8 Å². The van der Waals surface area contributed by atoms with E-state index >= 15 is 0 Å². The average molecular weight is 283 g/mol. The molecule has 4 nitrogen and oxygen atoms in total. The van der Waals surface area contributed by atoms with E-state index in [4.69, 9.17) is 5.84 Å². The second kappa shape index (κ2) is 6.92. The number of thioether (sulfide) groups is 2. The third-order valence-electron chi connectivity index (χ3n) is 2.69. The highest BCUT2D eigenvalue weighted by molar-refractivity contribution is 8.06. The molecular formula is C12H17N3OS2. The molecule has 0 bridgehead atoms. The third kappa shape index (κ3) is 3.83. The number of hydrogen-bond donors (Lipinski definition) is 3. The zero-order chi connectivity index (χ0) is 12.8. The quantitative estimate of drug-likeness (QED) is 0.578. The molecule has 1 amide bonds. The Hall–Kier alpha value is -0.850. The molecule has 18 heavy (non-hydrogen) atoms. The van der Waals surface area contributed by atoms with Crippen LogP contribution in [0.5, 0.6) is 0 Å². The summed E-state index contributed by atoms with van der Waals surface area (Å²) < 4.78 is 0. The molecule has 0 radical (unpaired) electrons. The van der Waals surface area contributed by atoms with Crippen LogP contribution in [0.2, 0.25) is 0 Å². The summed E-state index contributed by atoms with van der Waals surface area (Å²) in [4.78, 5) is 11.9. The van der Waals surface area contributed by atoms with Gasteiger partial charge in [-0.25, -0.2) is 0 Å². The van der Waals surface area contributed by atoms with Gasteiger partial charge in [-0.3, -0.25) is 10.6 Å². The van der Waals surface area contributed by atoms with Gasteiger partial charge >= 0.3 is 0 Å². The number of hydrazine groups is 1. The number of benzene rings is 1. The van der Waals surface area contributed by atoms with E-state index in [2.05, 4.69) is 10.7 Å².